The summed E-state index contributed by atoms with van der Waals surface area (Å²) in [6.07, 6.45) is 0. The summed E-state index contributed by atoms with van der Waals surface area (Å²) in [5, 5.41) is 4.71. The second-order valence-electron chi connectivity index (χ2n) is 6.27. The van der Waals surface area contributed by atoms with Gasteiger partial charge >= 0.3 is 0 Å². The lowest BCUT2D eigenvalue weighted by molar-refractivity contribution is 0.103. The monoisotopic (exact) mass is 377 g/mol. The molecule has 1 amide bonds. The van der Waals surface area contributed by atoms with Gasteiger partial charge in [0.1, 0.15) is 15.5 Å². The molecule has 4 aromatic rings. The number of benzene rings is 2. The lowest BCUT2D eigenvalue weighted by Crippen LogP contribution is -2.13. The predicted molar refractivity (Wildman–Crippen MR) is 112 cm³/mol. The van der Waals surface area contributed by atoms with E-state index in [4.69, 9.17) is 15.5 Å². The molecule has 0 atom stereocenters. The summed E-state index contributed by atoms with van der Waals surface area (Å²) in [6, 6.07) is 15.4. The number of thiophene rings is 1. The van der Waals surface area contributed by atoms with Gasteiger partial charge in [0, 0.05) is 10.8 Å². The van der Waals surface area contributed by atoms with Crippen molar-refractivity contribution in [1.29, 1.82) is 0 Å². The molecule has 0 aliphatic carbocycles. The van der Waals surface area contributed by atoms with Crippen LogP contribution in [0.3, 0.4) is 0 Å². The van der Waals surface area contributed by atoms with Gasteiger partial charge in [0.05, 0.1) is 23.5 Å². The summed E-state index contributed by atoms with van der Waals surface area (Å²) in [5.74, 6) is 0.371. The van der Waals surface area contributed by atoms with E-state index >= 15 is 0 Å². The fraction of sp³-hybridized carbons (Fsp3) is 0.143. The third kappa shape index (κ3) is 3.19. The minimum absolute atomic E-state index is 0.261. The second kappa shape index (κ2) is 6.89. The van der Waals surface area contributed by atoms with E-state index in [1.54, 1.807) is 0 Å². The summed E-state index contributed by atoms with van der Waals surface area (Å²) in [4.78, 5) is 18.7. The van der Waals surface area contributed by atoms with Crippen LogP contribution in [0.1, 0.15) is 22.2 Å². The molecule has 2 heterocycles. The maximum absolute atomic E-state index is 12.8. The van der Waals surface area contributed by atoms with Crippen LogP contribution < -0.4 is 15.8 Å². The van der Waals surface area contributed by atoms with Gasteiger partial charge < -0.3 is 15.8 Å². The Labute approximate surface area is 160 Å². The number of hydrogen-bond acceptors (Lipinski definition) is 5. The van der Waals surface area contributed by atoms with E-state index < -0.39 is 0 Å². The molecule has 0 bridgehead atoms. The van der Waals surface area contributed by atoms with Crippen molar-refractivity contribution < 1.29 is 9.53 Å². The number of aromatic nitrogens is 1. The van der Waals surface area contributed by atoms with Gasteiger partial charge in [0.25, 0.3) is 5.91 Å². The Balaban J connectivity index is 1.74. The molecular formula is C21H19N3O2S. The van der Waals surface area contributed by atoms with Crippen molar-refractivity contribution in [2.45, 2.75) is 13.8 Å². The molecule has 2 aromatic heterocycles. The Morgan fingerprint density at radius 2 is 2.04 bits per heavy atom. The van der Waals surface area contributed by atoms with Gasteiger partial charge in [-0.3, -0.25) is 4.79 Å². The largest absolute Gasteiger partial charge is 0.492 e. The topological polar surface area (TPSA) is 77.2 Å². The van der Waals surface area contributed by atoms with Gasteiger partial charge in [0.15, 0.2) is 0 Å². The third-order valence-electron chi connectivity index (χ3n) is 4.31. The average molecular weight is 377 g/mol. The number of aryl methyl sites for hydroxylation is 1. The van der Waals surface area contributed by atoms with Crippen LogP contribution in [0.15, 0.2) is 48.5 Å². The molecule has 0 fully saturated rings. The first kappa shape index (κ1) is 17.3. The van der Waals surface area contributed by atoms with E-state index in [1.807, 2.05) is 62.4 Å². The van der Waals surface area contributed by atoms with E-state index in [-0.39, 0.29) is 5.91 Å². The number of fused-ring (bicyclic) bond motifs is 2. The van der Waals surface area contributed by atoms with Crippen molar-refractivity contribution in [2.75, 3.05) is 17.7 Å². The van der Waals surface area contributed by atoms with E-state index in [9.17, 15) is 4.79 Å². The van der Waals surface area contributed by atoms with Crippen molar-refractivity contribution in [3.05, 3.63) is 59.0 Å². The molecule has 0 unspecified atom stereocenters. The fourth-order valence-corrected chi connectivity index (χ4v) is 3.98. The van der Waals surface area contributed by atoms with E-state index in [1.165, 1.54) is 11.3 Å². The molecule has 0 aliphatic heterocycles. The first-order chi connectivity index (χ1) is 13.1. The molecule has 27 heavy (non-hydrogen) atoms. The number of hydrogen-bond donors (Lipinski definition) is 2. The van der Waals surface area contributed by atoms with Crippen molar-refractivity contribution in [1.82, 2.24) is 4.98 Å². The maximum atomic E-state index is 12.8. The van der Waals surface area contributed by atoms with Crippen molar-refractivity contribution in [3.63, 3.8) is 0 Å². The van der Waals surface area contributed by atoms with Gasteiger partial charge in [-0.1, -0.05) is 24.3 Å². The average Bonchev–Trinajstić information content (AvgIpc) is 2.97. The Hall–Kier alpha value is -3.12. The van der Waals surface area contributed by atoms with Crippen LogP contribution in [-0.2, 0) is 0 Å². The second-order valence-corrected chi connectivity index (χ2v) is 7.26. The van der Waals surface area contributed by atoms with Crippen LogP contribution in [0.4, 0.5) is 11.4 Å². The number of carbonyl (C=O) groups excluding carboxylic acids is 1. The zero-order valence-corrected chi connectivity index (χ0v) is 15.9. The van der Waals surface area contributed by atoms with Crippen molar-refractivity contribution >= 4 is 49.7 Å². The number of ether oxygens (including phenoxy) is 1. The fourth-order valence-electron chi connectivity index (χ4n) is 3.00. The molecule has 5 nitrogen and oxygen atoms in total. The Morgan fingerprint density at radius 3 is 2.85 bits per heavy atom. The molecule has 0 spiro atoms. The molecule has 3 N–H and O–H groups in total. The summed E-state index contributed by atoms with van der Waals surface area (Å²) >= 11 is 1.30. The Kier molecular flexibility index (Phi) is 4.41. The molecule has 0 saturated carbocycles. The maximum Gasteiger partial charge on any atom is 0.268 e. The number of nitrogens with two attached hydrogens (primary N) is 1. The number of rotatable bonds is 4. The SMILES string of the molecule is CCOc1ccccc1NC(=O)c1sc2nc3cc(C)ccc3cc2c1N. The molecule has 0 saturated heterocycles. The highest BCUT2D eigenvalue weighted by molar-refractivity contribution is 7.21. The molecule has 2 aromatic carbocycles. The van der Waals surface area contributed by atoms with E-state index in [0.29, 0.717) is 28.6 Å². The lowest BCUT2D eigenvalue weighted by Gasteiger charge is -2.10. The normalized spacial score (nSPS) is 11.0. The molecular weight excluding hydrogens is 358 g/mol. The third-order valence-corrected chi connectivity index (χ3v) is 5.43. The minimum atomic E-state index is -0.261. The smallest absolute Gasteiger partial charge is 0.268 e. The zero-order chi connectivity index (χ0) is 19.0. The molecule has 6 heteroatoms. The molecule has 0 radical (unpaired) electrons. The number of nitrogens with zero attached hydrogens (tertiary/aromatic N) is 1. The number of carbonyl (C=O) groups is 1. The first-order valence-corrected chi connectivity index (χ1v) is 9.51. The van der Waals surface area contributed by atoms with Crippen LogP contribution in [0.2, 0.25) is 0 Å². The number of anilines is 2. The number of nitrogen functional groups attached to an aromatic ring is 1. The standard InChI is InChI=1S/C21H19N3O2S/c1-3-26-17-7-5-4-6-15(17)23-20(25)19-18(22)14-11-13-9-8-12(2)10-16(13)24-21(14)27-19/h4-11H,3,22H2,1-2H3,(H,23,25). The van der Waals surface area contributed by atoms with Gasteiger partial charge in [-0.15, -0.1) is 11.3 Å². The van der Waals surface area contributed by atoms with Crippen molar-refractivity contribution in [2.24, 2.45) is 0 Å². The summed E-state index contributed by atoms with van der Waals surface area (Å²) in [6.45, 7) is 4.46. The highest BCUT2D eigenvalue weighted by atomic mass is 32.1. The van der Waals surface area contributed by atoms with E-state index in [2.05, 4.69) is 5.32 Å². The zero-order valence-electron chi connectivity index (χ0n) is 15.1. The van der Waals surface area contributed by atoms with Crippen LogP contribution in [-0.4, -0.2) is 17.5 Å². The molecule has 136 valence electrons. The van der Waals surface area contributed by atoms with Crippen LogP contribution >= 0.6 is 11.3 Å². The van der Waals surface area contributed by atoms with Crippen molar-refractivity contribution in [3.8, 4) is 5.75 Å². The summed E-state index contributed by atoms with van der Waals surface area (Å²) in [7, 11) is 0. The van der Waals surface area contributed by atoms with Crippen LogP contribution in [0.25, 0.3) is 21.1 Å². The summed E-state index contributed by atoms with van der Waals surface area (Å²) in [5.41, 5.74) is 9.41. The van der Waals surface area contributed by atoms with Gasteiger partial charge in [-0.05, 0) is 43.7 Å². The quantitative estimate of drug-likeness (QED) is 0.525. The number of nitrogens with one attached hydrogen (secondary N) is 1. The minimum Gasteiger partial charge on any atom is -0.492 e. The number of pyridine rings is 1. The van der Waals surface area contributed by atoms with Gasteiger partial charge in [0.2, 0.25) is 0 Å². The van der Waals surface area contributed by atoms with Crippen LogP contribution in [0.5, 0.6) is 5.75 Å². The predicted octanol–water partition coefficient (Wildman–Crippen LogP) is 4.99. The molecule has 4 rings (SSSR count). The first-order valence-electron chi connectivity index (χ1n) is 8.69. The molecule has 0 aliphatic rings. The van der Waals surface area contributed by atoms with Crippen LogP contribution in [0, 0.1) is 6.92 Å². The lowest BCUT2D eigenvalue weighted by atomic mass is 10.1. The highest BCUT2D eigenvalue weighted by Crippen LogP contribution is 2.35. The van der Waals surface area contributed by atoms with Gasteiger partial charge in [-0.25, -0.2) is 4.98 Å². The van der Waals surface area contributed by atoms with Gasteiger partial charge in [-0.2, -0.15) is 0 Å². The summed E-state index contributed by atoms with van der Waals surface area (Å²) < 4.78 is 5.57. The Morgan fingerprint density at radius 1 is 1.22 bits per heavy atom. The Bertz CT molecular complexity index is 1170. The highest BCUT2D eigenvalue weighted by Gasteiger charge is 2.19. The number of para-hydroxylation sites is 2. The van der Waals surface area contributed by atoms with E-state index in [0.717, 1.165) is 26.7 Å². The number of amides is 1.